The van der Waals surface area contributed by atoms with Gasteiger partial charge in [-0.15, -0.1) is 0 Å². The average Bonchev–Trinajstić information content (AvgIpc) is 3.43. The lowest BCUT2D eigenvalue weighted by atomic mass is 10.1. The molecule has 0 radical (unpaired) electrons. The van der Waals surface area contributed by atoms with Crippen molar-refractivity contribution in [2.24, 2.45) is 5.92 Å². The molecule has 26 heavy (non-hydrogen) atoms. The van der Waals surface area contributed by atoms with Crippen LogP contribution in [0.1, 0.15) is 23.5 Å². The van der Waals surface area contributed by atoms with Crippen molar-refractivity contribution in [2.75, 3.05) is 14.2 Å². The Morgan fingerprint density at radius 1 is 1.15 bits per heavy atom. The molecule has 1 saturated carbocycles. The van der Waals surface area contributed by atoms with Crippen molar-refractivity contribution in [3.8, 4) is 17.2 Å². The van der Waals surface area contributed by atoms with Crippen LogP contribution in [0.2, 0.25) is 0 Å². The molecule has 0 aliphatic heterocycles. The van der Waals surface area contributed by atoms with Gasteiger partial charge in [-0.25, -0.2) is 8.78 Å². The number of hydrogen-bond acceptors (Lipinski definition) is 4. The zero-order valence-electron chi connectivity index (χ0n) is 14.4. The maximum Gasteiger partial charge on any atom is 0.224 e. The number of halogens is 2. The Labute approximate surface area is 149 Å². The molecule has 2 aromatic carbocycles. The van der Waals surface area contributed by atoms with E-state index in [0.29, 0.717) is 17.5 Å². The number of nitrogens with one attached hydrogen (secondary N) is 1. The molecule has 7 heteroatoms. The van der Waals surface area contributed by atoms with Gasteiger partial charge in [0, 0.05) is 12.5 Å². The van der Waals surface area contributed by atoms with Gasteiger partial charge >= 0.3 is 0 Å². The molecule has 0 saturated heterocycles. The number of phenolic OH excluding ortho intramolecular Hbond substituents is 1. The van der Waals surface area contributed by atoms with Gasteiger partial charge in [0.1, 0.15) is 0 Å². The maximum atomic E-state index is 13.3. The number of hydrogen-bond donors (Lipinski definition) is 2. The number of methoxy groups -OCH3 is 2. The van der Waals surface area contributed by atoms with E-state index in [-0.39, 0.29) is 41.5 Å². The summed E-state index contributed by atoms with van der Waals surface area (Å²) in [6.07, 6.45) is 0.596. The van der Waals surface area contributed by atoms with Crippen LogP contribution in [0.15, 0.2) is 30.3 Å². The lowest BCUT2D eigenvalue weighted by Crippen LogP contribution is -2.24. The molecular formula is C19H19F2NO4. The summed E-state index contributed by atoms with van der Waals surface area (Å²) in [4.78, 5) is 12.3. The number of amides is 1. The Balaban J connectivity index is 1.62. The molecule has 0 unspecified atom stereocenters. The molecule has 1 aliphatic carbocycles. The van der Waals surface area contributed by atoms with Gasteiger partial charge in [0.25, 0.3) is 0 Å². The first-order valence-corrected chi connectivity index (χ1v) is 8.11. The van der Waals surface area contributed by atoms with Crippen LogP contribution < -0.4 is 14.8 Å². The van der Waals surface area contributed by atoms with Crippen molar-refractivity contribution in [3.05, 3.63) is 53.1 Å². The van der Waals surface area contributed by atoms with E-state index in [0.717, 1.165) is 12.1 Å². The highest BCUT2D eigenvalue weighted by atomic mass is 19.2. The van der Waals surface area contributed by atoms with Crippen molar-refractivity contribution < 1.29 is 28.2 Å². The summed E-state index contributed by atoms with van der Waals surface area (Å²) < 4.78 is 36.5. The second kappa shape index (κ2) is 7.19. The van der Waals surface area contributed by atoms with Crippen molar-refractivity contribution in [2.45, 2.75) is 18.9 Å². The smallest absolute Gasteiger partial charge is 0.224 e. The lowest BCUT2D eigenvalue weighted by molar-refractivity contribution is -0.122. The highest BCUT2D eigenvalue weighted by Crippen LogP contribution is 2.47. The fourth-order valence-electron chi connectivity index (χ4n) is 2.97. The third-order valence-electron chi connectivity index (χ3n) is 4.51. The van der Waals surface area contributed by atoms with E-state index in [1.807, 2.05) is 0 Å². The predicted molar refractivity (Wildman–Crippen MR) is 90.3 cm³/mol. The van der Waals surface area contributed by atoms with Crippen LogP contribution in [0.5, 0.6) is 17.2 Å². The van der Waals surface area contributed by atoms with Gasteiger partial charge in [-0.05, 0) is 47.7 Å². The van der Waals surface area contributed by atoms with E-state index < -0.39 is 11.6 Å². The monoisotopic (exact) mass is 363 g/mol. The number of carbonyl (C=O) groups excluding carboxylic acids is 1. The number of ether oxygens (including phenoxy) is 2. The SMILES string of the molecule is COc1cc(CNC(=O)[C@H]2C[C@@H]2c2ccc(F)c(F)c2)cc(OC)c1O. The van der Waals surface area contributed by atoms with Crippen molar-refractivity contribution in [1.29, 1.82) is 0 Å². The molecule has 5 nitrogen and oxygen atoms in total. The normalized spacial score (nSPS) is 18.3. The van der Waals surface area contributed by atoms with E-state index >= 15 is 0 Å². The van der Waals surface area contributed by atoms with Crippen molar-refractivity contribution in [1.82, 2.24) is 5.32 Å². The minimum absolute atomic E-state index is 0.103. The maximum absolute atomic E-state index is 13.3. The van der Waals surface area contributed by atoms with Crippen LogP contribution in [0.4, 0.5) is 8.78 Å². The number of rotatable bonds is 6. The number of carbonyl (C=O) groups is 1. The van der Waals surface area contributed by atoms with Crippen LogP contribution in [-0.2, 0) is 11.3 Å². The summed E-state index contributed by atoms with van der Waals surface area (Å²) >= 11 is 0. The molecule has 0 aromatic heterocycles. The first-order chi connectivity index (χ1) is 12.4. The third-order valence-corrected chi connectivity index (χ3v) is 4.51. The Morgan fingerprint density at radius 3 is 2.38 bits per heavy atom. The Bertz CT molecular complexity index is 815. The van der Waals surface area contributed by atoms with Crippen LogP contribution in [0, 0.1) is 17.6 Å². The number of aromatic hydroxyl groups is 1. The Hall–Kier alpha value is -2.83. The first-order valence-electron chi connectivity index (χ1n) is 8.11. The second-order valence-corrected chi connectivity index (χ2v) is 6.19. The topological polar surface area (TPSA) is 67.8 Å². The highest BCUT2D eigenvalue weighted by molar-refractivity contribution is 5.82. The van der Waals surface area contributed by atoms with Crippen LogP contribution in [0.3, 0.4) is 0 Å². The van der Waals surface area contributed by atoms with E-state index in [1.54, 1.807) is 12.1 Å². The zero-order valence-corrected chi connectivity index (χ0v) is 14.4. The zero-order chi connectivity index (χ0) is 18.8. The molecule has 2 aromatic rings. The Morgan fingerprint density at radius 2 is 1.81 bits per heavy atom. The Kier molecular flexibility index (Phi) is 4.97. The molecule has 0 heterocycles. The molecule has 2 atom stereocenters. The predicted octanol–water partition coefficient (Wildman–Crippen LogP) is 3.11. The molecule has 1 amide bonds. The van der Waals surface area contributed by atoms with Crippen LogP contribution >= 0.6 is 0 Å². The van der Waals surface area contributed by atoms with Crippen LogP contribution in [0.25, 0.3) is 0 Å². The van der Waals surface area contributed by atoms with Gasteiger partial charge in [-0.2, -0.15) is 0 Å². The molecule has 1 aliphatic rings. The van der Waals surface area contributed by atoms with E-state index in [4.69, 9.17) is 9.47 Å². The summed E-state index contributed by atoms with van der Waals surface area (Å²) in [5.74, 6) is -1.94. The van der Waals surface area contributed by atoms with E-state index in [2.05, 4.69) is 5.32 Å². The molecule has 0 bridgehead atoms. The minimum Gasteiger partial charge on any atom is -0.502 e. The molecule has 1 fully saturated rings. The molecule has 2 N–H and O–H groups in total. The first kappa shape index (κ1) is 18.0. The minimum atomic E-state index is -0.906. The fourth-order valence-corrected chi connectivity index (χ4v) is 2.97. The average molecular weight is 363 g/mol. The number of phenols is 1. The molecular weight excluding hydrogens is 344 g/mol. The van der Waals surface area contributed by atoms with Gasteiger partial charge < -0.3 is 19.9 Å². The van der Waals surface area contributed by atoms with Gasteiger partial charge in [0.15, 0.2) is 23.1 Å². The summed E-state index contributed by atoms with van der Waals surface area (Å²) in [6, 6.07) is 6.94. The summed E-state index contributed by atoms with van der Waals surface area (Å²) in [6.45, 7) is 0.229. The van der Waals surface area contributed by atoms with Crippen molar-refractivity contribution >= 4 is 5.91 Å². The largest absolute Gasteiger partial charge is 0.502 e. The second-order valence-electron chi connectivity index (χ2n) is 6.19. The van der Waals surface area contributed by atoms with Gasteiger partial charge in [-0.1, -0.05) is 6.07 Å². The number of benzene rings is 2. The van der Waals surface area contributed by atoms with Gasteiger partial charge in [0.05, 0.1) is 14.2 Å². The summed E-state index contributed by atoms with van der Waals surface area (Å²) in [5, 5.41) is 12.7. The summed E-state index contributed by atoms with van der Waals surface area (Å²) in [7, 11) is 2.85. The third kappa shape index (κ3) is 3.56. The molecule has 138 valence electrons. The van der Waals surface area contributed by atoms with Gasteiger partial charge in [-0.3, -0.25) is 4.79 Å². The van der Waals surface area contributed by atoms with E-state index in [9.17, 15) is 18.7 Å². The van der Waals surface area contributed by atoms with E-state index in [1.165, 1.54) is 20.3 Å². The molecule has 0 spiro atoms. The quantitative estimate of drug-likeness (QED) is 0.828. The lowest BCUT2D eigenvalue weighted by Gasteiger charge is -2.12. The van der Waals surface area contributed by atoms with Crippen molar-refractivity contribution in [3.63, 3.8) is 0 Å². The highest BCUT2D eigenvalue weighted by Gasteiger charge is 2.44. The fraction of sp³-hybridized carbons (Fsp3) is 0.316. The molecule has 3 rings (SSSR count). The van der Waals surface area contributed by atoms with Gasteiger partial charge in [0.2, 0.25) is 11.7 Å². The standard InChI is InChI=1S/C19H19F2NO4/c1-25-16-5-10(6-17(26-2)18(16)23)9-22-19(24)13-8-12(13)11-3-4-14(20)15(21)7-11/h3-7,12-13,23H,8-9H2,1-2H3,(H,22,24)/t12-,13+/m1/s1. The van der Waals surface area contributed by atoms with Crippen LogP contribution in [-0.4, -0.2) is 25.2 Å². The summed E-state index contributed by atoms with van der Waals surface area (Å²) in [5.41, 5.74) is 1.33.